The van der Waals surface area contributed by atoms with Crippen molar-refractivity contribution in [3.8, 4) is 5.75 Å². The average Bonchev–Trinajstić information content (AvgIpc) is 2.76. The van der Waals surface area contributed by atoms with Gasteiger partial charge in [0.1, 0.15) is 5.75 Å². The zero-order chi connectivity index (χ0) is 12.4. The van der Waals surface area contributed by atoms with E-state index in [1.807, 2.05) is 0 Å². The highest BCUT2D eigenvalue weighted by molar-refractivity contribution is 6.30. The van der Waals surface area contributed by atoms with E-state index >= 15 is 0 Å². The van der Waals surface area contributed by atoms with Gasteiger partial charge in [-0.2, -0.15) is 0 Å². The molecule has 1 amide bonds. The lowest BCUT2D eigenvalue weighted by Gasteiger charge is -2.17. The predicted octanol–water partition coefficient (Wildman–Crippen LogP) is 1.47. The van der Waals surface area contributed by atoms with E-state index in [0.717, 1.165) is 6.42 Å². The fourth-order valence-corrected chi connectivity index (χ4v) is 2.23. The number of aromatic hydroxyl groups is 1. The zero-order valence-electron chi connectivity index (χ0n) is 9.40. The average molecular weight is 255 g/mol. The van der Waals surface area contributed by atoms with Crippen molar-refractivity contribution in [2.24, 2.45) is 11.7 Å². The Hall–Kier alpha value is -1.26. The van der Waals surface area contributed by atoms with Crippen LogP contribution in [0.5, 0.6) is 5.75 Å². The lowest BCUT2D eigenvalue weighted by Crippen LogP contribution is -2.29. The molecule has 3 N–H and O–H groups in total. The third-order valence-electron chi connectivity index (χ3n) is 3.10. The number of hydrogen-bond acceptors (Lipinski definition) is 3. The molecular formula is C12H15ClN2O2. The van der Waals surface area contributed by atoms with E-state index in [0.29, 0.717) is 36.1 Å². The maximum absolute atomic E-state index is 12.1. The summed E-state index contributed by atoms with van der Waals surface area (Å²) >= 11 is 5.73. The number of carbonyl (C=O) groups excluding carboxylic acids is 1. The van der Waals surface area contributed by atoms with Crippen LogP contribution < -0.4 is 5.73 Å². The smallest absolute Gasteiger partial charge is 0.257 e. The minimum atomic E-state index is -0.157. The van der Waals surface area contributed by atoms with Gasteiger partial charge in [0.2, 0.25) is 0 Å². The van der Waals surface area contributed by atoms with Gasteiger partial charge in [-0.05, 0) is 37.1 Å². The van der Waals surface area contributed by atoms with Crippen molar-refractivity contribution in [3.63, 3.8) is 0 Å². The van der Waals surface area contributed by atoms with Crippen molar-refractivity contribution < 1.29 is 9.90 Å². The van der Waals surface area contributed by atoms with Crippen LogP contribution in [0.25, 0.3) is 0 Å². The molecule has 5 heteroatoms. The number of carbonyl (C=O) groups is 1. The number of rotatable bonds is 2. The predicted molar refractivity (Wildman–Crippen MR) is 66.2 cm³/mol. The highest BCUT2D eigenvalue weighted by atomic mass is 35.5. The maximum Gasteiger partial charge on any atom is 0.257 e. The van der Waals surface area contributed by atoms with Crippen LogP contribution in [-0.2, 0) is 0 Å². The van der Waals surface area contributed by atoms with Gasteiger partial charge in [-0.15, -0.1) is 0 Å². The van der Waals surface area contributed by atoms with Crippen molar-refractivity contribution in [2.45, 2.75) is 6.42 Å². The second-order valence-corrected chi connectivity index (χ2v) is 4.74. The van der Waals surface area contributed by atoms with Crippen molar-refractivity contribution in [1.82, 2.24) is 4.90 Å². The van der Waals surface area contributed by atoms with Crippen molar-refractivity contribution in [3.05, 3.63) is 28.8 Å². The lowest BCUT2D eigenvalue weighted by atomic mass is 10.1. The Bertz CT molecular complexity index is 437. The summed E-state index contributed by atoms with van der Waals surface area (Å²) < 4.78 is 0. The van der Waals surface area contributed by atoms with Gasteiger partial charge in [-0.3, -0.25) is 4.79 Å². The molecule has 1 heterocycles. The van der Waals surface area contributed by atoms with Crippen molar-refractivity contribution >= 4 is 17.5 Å². The van der Waals surface area contributed by atoms with Gasteiger partial charge < -0.3 is 15.7 Å². The summed E-state index contributed by atoms with van der Waals surface area (Å²) in [5, 5.41) is 10.1. The summed E-state index contributed by atoms with van der Waals surface area (Å²) in [5.74, 6) is 0.141. The van der Waals surface area contributed by atoms with Gasteiger partial charge in [-0.25, -0.2) is 0 Å². The fraction of sp³-hybridized carbons (Fsp3) is 0.417. The third kappa shape index (κ3) is 2.53. The van der Waals surface area contributed by atoms with E-state index < -0.39 is 0 Å². The number of nitrogens with two attached hydrogens (primary N) is 1. The number of halogens is 1. The van der Waals surface area contributed by atoms with Gasteiger partial charge in [0, 0.05) is 18.1 Å². The summed E-state index contributed by atoms with van der Waals surface area (Å²) in [5.41, 5.74) is 5.88. The first-order valence-electron chi connectivity index (χ1n) is 5.59. The van der Waals surface area contributed by atoms with Crippen LogP contribution in [-0.4, -0.2) is 35.5 Å². The molecule has 0 spiro atoms. The Morgan fingerprint density at radius 1 is 1.59 bits per heavy atom. The number of phenolic OH excluding ortho intramolecular Hbond substituents is 1. The Morgan fingerprint density at radius 3 is 2.94 bits per heavy atom. The first kappa shape index (κ1) is 12.2. The highest BCUT2D eigenvalue weighted by Gasteiger charge is 2.27. The molecule has 1 atom stereocenters. The Kier molecular flexibility index (Phi) is 3.54. The zero-order valence-corrected chi connectivity index (χ0v) is 10.2. The number of amides is 1. The molecule has 17 heavy (non-hydrogen) atoms. The Morgan fingerprint density at radius 2 is 2.35 bits per heavy atom. The molecule has 0 aliphatic carbocycles. The van der Waals surface area contributed by atoms with E-state index in [-0.39, 0.29) is 11.7 Å². The summed E-state index contributed by atoms with van der Waals surface area (Å²) in [7, 11) is 0. The molecule has 2 rings (SSSR count). The first-order chi connectivity index (χ1) is 8.11. The molecule has 1 saturated heterocycles. The molecule has 0 bridgehead atoms. The molecular weight excluding hydrogens is 240 g/mol. The maximum atomic E-state index is 12.1. The van der Waals surface area contributed by atoms with Crippen molar-refractivity contribution in [2.75, 3.05) is 19.6 Å². The molecule has 1 unspecified atom stereocenters. The van der Waals surface area contributed by atoms with Gasteiger partial charge in [0.25, 0.3) is 5.91 Å². The summed E-state index contributed by atoms with van der Waals surface area (Å²) in [6.07, 6.45) is 0.927. The second-order valence-electron chi connectivity index (χ2n) is 4.30. The summed E-state index contributed by atoms with van der Waals surface area (Å²) in [6.45, 7) is 1.95. The SMILES string of the molecule is NCC1CCN(C(=O)c2ccc(Cl)cc2O)C1. The van der Waals surface area contributed by atoms with Crippen LogP contribution in [0.4, 0.5) is 0 Å². The molecule has 92 valence electrons. The molecule has 1 fully saturated rings. The Balaban J connectivity index is 2.15. The number of nitrogens with zero attached hydrogens (tertiary/aromatic N) is 1. The topological polar surface area (TPSA) is 66.6 Å². The van der Waals surface area contributed by atoms with Gasteiger partial charge in [0.05, 0.1) is 5.56 Å². The first-order valence-corrected chi connectivity index (χ1v) is 5.97. The second kappa shape index (κ2) is 4.94. The van der Waals surface area contributed by atoms with E-state index in [9.17, 15) is 9.90 Å². The van der Waals surface area contributed by atoms with Gasteiger partial charge in [-0.1, -0.05) is 11.6 Å². The number of likely N-dealkylation sites (tertiary alicyclic amines) is 1. The number of benzene rings is 1. The van der Waals surface area contributed by atoms with E-state index in [2.05, 4.69) is 0 Å². The molecule has 4 nitrogen and oxygen atoms in total. The van der Waals surface area contributed by atoms with E-state index in [1.54, 1.807) is 17.0 Å². The molecule has 1 aromatic rings. The quantitative estimate of drug-likeness (QED) is 0.840. The van der Waals surface area contributed by atoms with Crippen LogP contribution in [0, 0.1) is 5.92 Å². The van der Waals surface area contributed by atoms with Crippen molar-refractivity contribution in [1.29, 1.82) is 0 Å². The van der Waals surface area contributed by atoms with Crippen LogP contribution in [0.2, 0.25) is 5.02 Å². The minimum Gasteiger partial charge on any atom is -0.507 e. The lowest BCUT2D eigenvalue weighted by molar-refractivity contribution is 0.0784. The monoisotopic (exact) mass is 254 g/mol. The number of phenols is 1. The van der Waals surface area contributed by atoms with Crippen LogP contribution in [0.1, 0.15) is 16.8 Å². The minimum absolute atomic E-state index is 0.0706. The fourth-order valence-electron chi connectivity index (χ4n) is 2.07. The van der Waals surface area contributed by atoms with Crippen LogP contribution in [0.15, 0.2) is 18.2 Å². The molecule has 1 aromatic carbocycles. The largest absolute Gasteiger partial charge is 0.507 e. The Labute approximate surface area is 105 Å². The van der Waals surface area contributed by atoms with Crippen LogP contribution >= 0.6 is 11.6 Å². The normalized spacial score (nSPS) is 19.6. The molecule has 0 saturated carbocycles. The molecule has 0 aromatic heterocycles. The van der Waals surface area contributed by atoms with Gasteiger partial charge in [0.15, 0.2) is 0 Å². The summed E-state index contributed by atoms with van der Waals surface area (Å²) in [6, 6.07) is 4.53. The highest BCUT2D eigenvalue weighted by Crippen LogP contribution is 2.25. The molecule has 1 aliphatic rings. The van der Waals surface area contributed by atoms with E-state index in [1.165, 1.54) is 6.07 Å². The third-order valence-corrected chi connectivity index (χ3v) is 3.33. The van der Waals surface area contributed by atoms with Crippen LogP contribution in [0.3, 0.4) is 0 Å². The molecule has 0 radical (unpaired) electrons. The van der Waals surface area contributed by atoms with E-state index in [4.69, 9.17) is 17.3 Å². The molecule has 1 aliphatic heterocycles. The number of hydrogen-bond donors (Lipinski definition) is 2. The standard InChI is InChI=1S/C12H15ClN2O2/c13-9-1-2-10(11(16)5-9)12(17)15-4-3-8(6-14)7-15/h1-2,5,8,16H,3-4,6-7,14H2. The van der Waals surface area contributed by atoms with Gasteiger partial charge >= 0.3 is 0 Å². The summed E-state index contributed by atoms with van der Waals surface area (Å²) in [4.78, 5) is 13.8.